The minimum absolute atomic E-state index is 0.144. The van der Waals surface area contributed by atoms with Crippen LogP contribution in [0.3, 0.4) is 0 Å². The zero-order valence-corrected chi connectivity index (χ0v) is 12.2. The van der Waals surface area contributed by atoms with Gasteiger partial charge < -0.3 is 15.6 Å². The zero-order valence-electron chi connectivity index (χ0n) is 12.2. The van der Waals surface area contributed by atoms with E-state index in [1.54, 1.807) is 11.8 Å². The Morgan fingerprint density at radius 3 is 2.48 bits per heavy atom. The fourth-order valence-electron chi connectivity index (χ4n) is 2.14. The molecule has 1 heterocycles. The maximum Gasteiger partial charge on any atom is 0.263 e. The Labute approximate surface area is 123 Å². The van der Waals surface area contributed by atoms with E-state index in [9.17, 15) is 9.59 Å². The third-order valence-electron chi connectivity index (χ3n) is 3.33. The number of aromatic amines is 1. The summed E-state index contributed by atoms with van der Waals surface area (Å²) >= 11 is 0. The van der Waals surface area contributed by atoms with Gasteiger partial charge in [0.05, 0.1) is 0 Å². The molecule has 3 N–H and O–H groups in total. The first-order valence-electron chi connectivity index (χ1n) is 6.87. The first-order valence-corrected chi connectivity index (χ1v) is 6.87. The van der Waals surface area contributed by atoms with Crippen molar-refractivity contribution in [3.8, 4) is 0 Å². The van der Waals surface area contributed by atoms with Gasteiger partial charge in [0, 0.05) is 36.7 Å². The second-order valence-electron chi connectivity index (χ2n) is 4.81. The number of nitrogens with one attached hydrogen (secondary N) is 1. The third kappa shape index (κ3) is 3.20. The molecular formula is C16H19N3O2. The monoisotopic (exact) mass is 285 g/mol. The molecule has 0 aliphatic heterocycles. The predicted octanol–water partition coefficient (Wildman–Crippen LogP) is 1.81. The Balaban J connectivity index is 2.35. The van der Waals surface area contributed by atoms with Crippen LogP contribution in [0.25, 0.3) is 0 Å². The van der Waals surface area contributed by atoms with Crippen molar-refractivity contribution in [2.24, 2.45) is 5.73 Å². The molecule has 21 heavy (non-hydrogen) atoms. The lowest BCUT2D eigenvalue weighted by molar-refractivity contribution is 0.0987. The molecular weight excluding hydrogens is 266 g/mol. The maximum atomic E-state index is 12.5. The van der Waals surface area contributed by atoms with Gasteiger partial charge in [0.1, 0.15) is 5.56 Å². The standard InChI is InChI=1S/C16H19N3O2/c1-3-19(13-6-4-12(9-17)5-7-13)16(21)14-10-18-11(2)8-15(14)20/h4-8,10H,3,9,17H2,1-2H3,(H,18,20). The molecule has 0 atom stereocenters. The van der Waals surface area contributed by atoms with Gasteiger partial charge in [-0.3, -0.25) is 9.59 Å². The molecule has 1 aromatic carbocycles. The summed E-state index contributed by atoms with van der Waals surface area (Å²) < 4.78 is 0. The summed E-state index contributed by atoms with van der Waals surface area (Å²) in [5.74, 6) is -0.306. The molecule has 0 aliphatic carbocycles. The number of nitrogens with zero attached hydrogens (tertiary/aromatic N) is 1. The van der Waals surface area contributed by atoms with Crippen LogP contribution in [0.1, 0.15) is 28.5 Å². The lowest BCUT2D eigenvalue weighted by Crippen LogP contribution is -2.34. The normalized spacial score (nSPS) is 10.4. The van der Waals surface area contributed by atoms with Crippen molar-refractivity contribution in [3.63, 3.8) is 0 Å². The van der Waals surface area contributed by atoms with E-state index in [2.05, 4.69) is 4.98 Å². The minimum Gasteiger partial charge on any atom is -0.364 e. The molecule has 0 saturated heterocycles. The molecule has 2 rings (SSSR count). The first kappa shape index (κ1) is 15.0. The number of aromatic nitrogens is 1. The summed E-state index contributed by atoms with van der Waals surface area (Å²) in [6.45, 7) is 4.59. The van der Waals surface area contributed by atoms with Crippen LogP contribution in [0.15, 0.2) is 41.3 Å². The van der Waals surface area contributed by atoms with Gasteiger partial charge in [0.2, 0.25) is 0 Å². The van der Waals surface area contributed by atoms with Crippen molar-refractivity contribution in [2.75, 3.05) is 11.4 Å². The highest BCUT2D eigenvalue weighted by Crippen LogP contribution is 2.17. The number of H-pyrrole nitrogens is 1. The van der Waals surface area contributed by atoms with Crippen molar-refractivity contribution in [2.45, 2.75) is 20.4 Å². The SMILES string of the molecule is CCN(C(=O)c1c[nH]c(C)cc1=O)c1ccc(CN)cc1. The molecule has 5 nitrogen and oxygen atoms in total. The summed E-state index contributed by atoms with van der Waals surface area (Å²) in [5.41, 5.74) is 7.92. The second-order valence-corrected chi connectivity index (χ2v) is 4.81. The number of carbonyl (C=O) groups excluding carboxylic acids is 1. The topological polar surface area (TPSA) is 79.2 Å². The summed E-state index contributed by atoms with van der Waals surface area (Å²) in [5, 5.41) is 0. The quantitative estimate of drug-likeness (QED) is 0.899. The Morgan fingerprint density at radius 1 is 1.29 bits per heavy atom. The number of anilines is 1. The smallest absolute Gasteiger partial charge is 0.263 e. The Kier molecular flexibility index (Phi) is 4.55. The highest BCUT2D eigenvalue weighted by molar-refractivity contribution is 6.05. The fourth-order valence-corrected chi connectivity index (χ4v) is 2.14. The number of amides is 1. The van der Waals surface area contributed by atoms with Gasteiger partial charge in [-0.1, -0.05) is 12.1 Å². The molecule has 5 heteroatoms. The molecule has 1 amide bonds. The van der Waals surface area contributed by atoms with E-state index in [1.165, 1.54) is 12.3 Å². The highest BCUT2D eigenvalue weighted by atomic mass is 16.2. The zero-order chi connectivity index (χ0) is 15.4. The lowest BCUT2D eigenvalue weighted by atomic mass is 10.1. The number of carbonyl (C=O) groups is 1. The molecule has 0 fully saturated rings. The number of nitrogens with two attached hydrogens (primary N) is 1. The summed E-state index contributed by atoms with van der Waals surface area (Å²) in [6, 6.07) is 8.87. The Morgan fingerprint density at radius 2 is 1.95 bits per heavy atom. The van der Waals surface area contributed by atoms with Crippen LogP contribution >= 0.6 is 0 Å². The average Bonchev–Trinajstić information content (AvgIpc) is 2.48. The average molecular weight is 285 g/mol. The van der Waals surface area contributed by atoms with Gasteiger partial charge >= 0.3 is 0 Å². The van der Waals surface area contributed by atoms with Crippen LogP contribution in [-0.2, 0) is 6.54 Å². The van der Waals surface area contributed by atoms with Crippen molar-refractivity contribution in [3.05, 3.63) is 63.6 Å². The number of aryl methyl sites for hydroxylation is 1. The summed E-state index contributed by atoms with van der Waals surface area (Å²) in [6.07, 6.45) is 1.47. The van der Waals surface area contributed by atoms with Gasteiger partial charge in [-0.25, -0.2) is 0 Å². The number of hydrogen-bond donors (Lipinski definition) is 2. The highest BCUT2D eigenvalue weighted by Gasteiger charge is 2.18. The molecule has 0 bridgehead atoms. The molecule has 0 unspecified atom stereocenters. The Hall–Kier alpha value is -2.40. The second kappa shape index (κ2) is 6.37. The number of benzene rings is 1. The lowest BCUT2D eigenvalue weighted by Gasteiger charge is -2.21. The minimum atomic E-state index is -0.306. The fraction of sp³-hybridized carbons (Fsp3) is 0.250. The van der Waals surface area contributed by atoms with E-state index in [1.807, 2.05) is 31.2 Å². The molecule has 1 aromatic heterocycles. The van der Waals surface area contributed by atoms with Gasteiger partial charge in [0.25, 0.3) is 5.91 Å². The number of hydrogen-bond acceptors (Lipinski definition) is 3. The Bertz CT molecular complexity index is 689. The molecule has 0 spiro atoms. The van der Waals surface area contributed by atoms with Crippen LogP contribution in [0.5, 0.6) is 0 Å². The summed E-state index contributed by atoms with van der Waals surface area (Å²) in [4.78, 5) is 29.0. The molecule has 0 radical (unpaired) electrons. The van der Waals surface area contributed by atoms with Gasteiger partial charge in [0.15, 0.2) is 5.43 Å². The van der Waals surface area contributed by atoms with E-state index in [0.29, 0.717) is 13.1 Å². The van der Waals surface area contributed by atoms with Crippen LogP contribution in [0, 0.1) is 6.92 Å². The molecule has 0 aliphatic rings. The van der Waals surface area contributed by atoms with Crippen LogP contribution < -0.4 is 16.1 Å². The van der Waals surface area contributed by atoms with Crippen LogP contribution in [0.4, 0.5) is 5.69 Å². The van der Waals surface area contributed by atoms with Gasteiger partial charge in [-0.05, 0) is 31.5 Å². The first-order chi connectivity index (χ1) is 10.1. The maximum absolute atomic E-state index is 12.5. The molecule has 2 aromatic rings. The van der Waals surface area contributed by atoms with Gasteiger partial charge in [-0.15, -0.1) is 0 Å². The van der Waals surface area contributed by atoms with E-state index in [0.717, 1.165) is 16.9 Å². The number of pyridine rings is 1. The third-order valence-corrected chi connectivity index (χ3v) is 3.33. The van der Waals surface area contributed by atoms with E-state index < -0.39 is 0 Å². The van der Waals surface area contributed by atoms with Crippen LogP contribution in [0.2, 0.25) is 0 Å². The van der Waals surface area contributed by atoms with E-state index in [4.69, 9.17) is 5.73 Å². The van der Waals surface area contributed by atoms with E-state index >= 15 is 0 Å². The van der Waals surface area contributed by atoms with Crippen molar-refractivity contribution in [1.82, 2.24) is 4.98 Å². The van der Waals surface area contributed by atoms with Gasteiger partial charge in [-0.2, -0.15) is 0 Å². The van der Waals surface area contributed by atoms with Crippen LogP contribution in [-0.4, -0.2) is 17.4 Å². The van der Waals surface area contributed by atoms with Crippen molar-refractivity contribution >= 4 is 11.6 Å². The number of rotatable bonds is 4. The van der Waals surface area contributed by atoms with Crippen molar-refractivity contribution in [1.29, 1.82) is 0 Å². The predicted molar refractivity (Wildman–Crippen MR) is 83.5 cm³/mol. The van der Waals surface area contributed by atoms with Crippen molar-refractivity contribution < 1.29 is 4.79 Å². The molecule has 0 saturated carbocycles. The summed E-state index contributed by atoms with van der Waals surface area (Å²) in [7, 11) is 0. The molecule has 110 valence electrons. The van der Waals surface area contributed by atoms with E-state index in [-0.39, 0.29) is 16.9 Å². The largest absolute Gasteiger partial charge is 0.364 e.